The number of primary amides is 1. The molecule has 3 aliphatic heterocycles. The average Bonchev–Trinajstić information content (AvgIpc) is 1.28. The van der Waals surface area contributed by atoms with E-state index in [1.54, 1.807) is 88.1 Å². The van der Waals surface area contributed by atoms with Gasteiger partial charge in [-0.2, -0.15) is 0 Å². The van der Waals surface area contributed by atoms with Gasteiger partial charge in [0.1, 0.15) is 24.7 Å². The number of imide groups is 2. The SMILES string of the molecule is CC[C@H](C)[C@@H]([C@@H](CC(=O)N1C[C@@H](NC(=O)OCc2ccc(NC(=O)[C@H](CCCNC(N)=O)NC(=O)[C@@H](NC(=O)CCCCCN3C(=O)CC(SCC4(CC(=O)ON5C(=O)CCC5=O)CC4)C3=O)C(C)C)cc2)C[C@H]1[C@H](OC)[C@@H](C)C(=O)NCC(=O)c1ccc(OC)c(OC)c1)OC)N(C)C(=O)[C@@H](NC(=O)[C@H](C(C)C)N(C)C)C(C)C. The van der Waals surface area contributed by atoms with E-state index >= 15 is 4.79 Å². The Morgan fingerprint density at radius 1 is 0.713 bits per heavy atom. The normalized spacial score (nSPS) is 18.9. The molecule has 9 N–H and O–H groups in total. The number of hydrogen-bond donors (Lipinski definition) is 8. The van der Waals surface area contributed by atoms with E-state index in [1.807, 2.05) is 41.5 Å². The Hall–Kier alpha value is -9.48. The number of Topliss-reactive ketones (excluding diaryl/α,β-unsaturated/α-hetero) is 1. The number of thioether (sulfide) groups is 1. The quantitative estimate of drug-likeness (QED) is 0.0251. The van der Waals surface area contributed by atoms with E-state index in [1.165, 1.54) is 56.1 Å². The monoisotopic (exact) mass is 1630 g/mol. The van der Waals surface area contributed by atoms with Crippen molar-refractivity contribution in [2.24, 2.45) is 40.7 Å². The zero-order valence-electron chi connectivity index (χ0n) is 69.3. The molecule has 3 heterocycles. The van der Waals surface area contributed by atoms with Gasteiger partial charge in [0.05, 0.1) is 81.1 Å². The van der Waals surface area contributed by atoms with Crippen molar-refractivity contribution < 1.29 is 100 Å². The van der Waals surface area contributed by atoms with E-state index in [0.717, 1.165) is 0 Å². The van der Waals surface area contributed by atoms with Crippen molar-refractivity contribution in [3.8, 4) is 11.5 Å². The Balaban J connectivity index is 1.06. The summed E-state index contributed by atoms with van der Waals surface area (Å²) < 4.78 is 28.6. The number of likely N-dealkylation sites (N-methyl/N-ethyl adjacent to an activating group) is 2. The van der Waals surface area contributed by atoms with Crippen LogP contribution >= 0.6 is 11.8 Å². The average molecular weight is 1630 g/mol. The maximum atomic E-state index is 15.2. The number of hydrogen-bond acceptors (Lipinski definition) is 23. The minimum absolute atomic E-state index is 0.00112. The predicted molar refractivity (Wildman–Crippen MR) is 425 cm³/mol. The smallest absolute Gasteiger partial charge is 0.407 e. The Labute approximate surface area is 677 Å². The topological polar surface area (TPSA) is 438 Å². The number of carbonyl (C=O) groups excluding carboxylic acids is 15. The summed E-state index contributed by atoms with van der Waals surface area (Å²) in [5, 5.41) is 19.3. The van der Waals surface area contributed by atoms with Gasteiger partial charge in [-0.15, -0.1) is 16.8 Å². The second kappa shape index (κ2) is 44.6. The summed E-state index contributed by atoms with van der Waals surface area (Å²) >= 11 is 1.29. The Morgan fingerprint density at radius 3 is 1.96 bits per heavy atom. The van der Waals surface area contributed by atoms with Gasteiger partial charge >= 0.3 is 18.1 Å². The first kappa shape index (κ1) is 94.4. The molecule has 0 aromatic heterocycles. The molecule has 1 unspecified atom stereocenters. The van der Waals surface area contributed by atoms with Crippen molar-refractivity contribution in [2.45, 2.75) is 225 Å². The van der Waals surface area contributed by atoms with Crippen molar-refractivity contribution in [2.75, 3.05) is 86.8 Å². The number of nitrogens with zero attached hydrogens (tertiary/aromatic N) is 5. The number of alkyl carbamates (subject to hydrolysis) is 1. The van der Waals surface area contributed by atoms with E-state index in [4.69, 9.17) is 34.3 Å². The highest BCUT2D eigenvalue weighted by atomic mass is 32.2. The number of ether oxygens (including phenoxy) is 5. The van der Waals surface area contributed by atoms with Crippen LogP contribution in [0.5, 0.6) is 11.5 Å². The van der Waals surface area contributed by atoms with Gasteiger partial charge in [-0.25, -0.2) is 14.4 Å². The number of nitrogens with two attached hydrogens (primary N) is 1. The zero-order valence-corrected chi connectivity index (χ0v) is 70.2. The van der Waals surface area contributed by atoms with Gasteiger partial charge in [0.15, 0.2) is 17.3 Å². The van der Waals surface area contributed by atoms with Crippen LogP contribution in [0, 0.1) is 35.0 Å². The van der Waals surface area contributed by atoms with E-state index in [9.17, 15) is 67.1 Å². The van der Waals surface area contributed by atoms with E-state index in [2.05, 4.69) is 37.2 Å². The molecule has 6 rings (SSSR count). The molecule has 2 aromatic rings. The predicted octanol–water partition coefficient (Wildman–Crippen LogP) is 4.77. The third-order valence-electron chi connectivity index (χ3n) is 21.7. The van der Waals surface area contributed by atoms with E-state index in [0.29, 0.717) is 72.1 Å². The number of rotatable bonds is 47. The molecule has 35 heteroatoms. The van der Waals surface area contributed by atoms with Crippen LogP contribution < -0.4 is 52.4 Å². The van der Waals surface area contributed by atoms with Crippen LogP contribution in [0.3, 0.4) is 0 Å². The Morgan fingerprint density at radius 2 is 1.37 bits per heavy atom. The molecule has 4 aliphatic rings. The number of benzene rings is 2. The maximum absolute atomic E-state index is 15.2. The van der Waals surface area contributed by atoms with Crippen LogP contribution in [0.15, 0.2) is 42.5 Å². The lowest BCUT2D eigenvalue weighted by Gasteiger charge is -2.41. The summed E-state index contributed by atoms with van der Waals surface area (Å²) in [6.45, 7) is 16.0. The second-order valence-corrected chi connectivity index (χ2v) is 32.7. The number of methoxy groups -OCH3 is 4. The summed E-state index contributed by atoms with van der Waals surface area (Å²) in [7, 11) is 11.0. The number of hydroxylamine groups is 2. The number of amides is 14. The molecule has 0 spiro atoms. The summed E-state index contributed by atoms with van der Waals surface area (Å²) in [6, 6.07) is 4.12. The molecule has 4 fully saturated rings. The lowest BCUT2D eigenvalue weighted by Crippen LogP contribution is -2.59. The van der Waals surface area contributed by atoms with Gasteiger partial charge in [0, 0.05) is 83.6 Å². The van der Waals surface area contributed by atoms with Gasteiger partial charge in [-0.3, -0.25) is 67.3 Å². The zero-order chi connectivity index (χ0) is 85.3. The number of likely N-dealkylation sites (tertiary alicyclic amines) is 2. The first-order chi connectivity index (χ1) is 54.4. The van der Waals surface area contributed by atoms with E-state index in [-0.39, 0.29) is 131 Å². The second-order valence-electron chi connectivity index (χ2n) is 31.5. The highest BCUT2D eigenvalue weighted by molar-refractivity contribution is 8.00. The van der Waals surface area contributed by atoms with Crippen molar-refractivity contribution >= 4 is 106 Å². The molecule has 12 atom stereocenters. The summed E-state index contributed by atoms with van der Waals surface area (Å²) in [5.41, 5.74) is 5.88. The summed E-state index contributed by atoms with van der Waals surface area (Å²) in [5.74, 6) is -7.27. The Bertz CT molecular complexity index is 3740. The van der Waals surface area contributed by atoms with Gasteiger partial charge in [-0.1, -0.05) is 87.3 Å². The highest BCUT2D eigenvalue weighted by Gasteiger charge is 2.50. The molecule has 638 valence electrons. The number of carbonyl (C=O) groups is 15. The van der Waals surface area contributed by atoms with Crippen LogP contribution in [-0.2, 0) is 83.2 Å². The standard InChI is InChI=1S/C80H121N13O21S/c1-17-48(8)70(90(12)77(106)68(46(4)5)88-75(104)69(47(6)7)89(10)11)59(111-15)38-64(98)92-42-53(37-55(92)71(112-16)49(9)72(101)83-41-56(94)51-26-29-57(109-13)58(36-51)110-14)85-79(108)113-43-50-24-27-52(28-25-50)84-73(102)54(22-21-34-82-78(81)107)86-74(103)67(45(2)3)87-61(95)23-19-18-20-35-91-65(99)39-60(76(91)105)115-44-80(32-33-80)40-66(100)114-93-62(96)30-31-63(93)97/h24-29,36,45-49,53-55,59-60,67-71H,17-23,30-35,37-44H2,1-16H3,(H,83,101)(H,84,102)(H,85,108)(H,86,103)(H,87,95)(H,88,104)(H3,81,82,107)/t48-,49+,53-,54-,55-,59+,60?,67-,68-,69-,70-,71+/m0/s1. The van der Waals surface area contributed by atoms with E-state index < -0.39 is 149 Å². The number of urea groups is 1. The molecular formula is C80H121N13O21S. The lowest BCUT2D eigenvalue weighted by atomic mass is 9.89. The van der Waals surface area contributed by atoms with Crippen molar-refractivity contribution in [1.82, 2.24) is 56.6 Å². The minimum Gasteiger partial charge on any atom is -0.493 e. The van der Waals surface area contributed by atoms with Crippen LogP contribution in [-0.4, -0.2) is 255 Å². The maximum Gasteiger partial charge on any atom is 0.407 e. The van der Waals surface area contributed by atoms with Gasteiger partial charge in [0.25, 0.3) is 11.8 Å². The number of ketones is 1. The summed E-state index contributed by atoms with van der Waals surface area (Å²) in [4.78, 5) is 212. The molecule has 34 nitrogen and oxygen atoms in total. The fraction of sp³-hybridized carbons (Fsp3) is 0.662. The fourth-order valence-corrected chi connectivity index (χ4v) is 16.2. The first-order valence-electron chi connectivity index (χ1n) is 39.5. The molecular weight excluding hydrogens is 1510 g/mol. The third kappa shape index (κ3) is 27.1. The van der Waals surface area contributed by atoms with Gasteiger partial charge in [-0.05, 0) is 124 Å². The largest absolute Gasteiger partial charge is 0.493 e. The molecule has 0 bridgehead atoms. The molecule has 1 saturated carbocycles. The first-order valence-corrected chi connectivity index (χ1v) is 40.6. The van der Waals surface area contributed by atoms with Crippen LogP contribution in [0.2, 0.25) is 0 Å². The van der Waals surface area contributed by atoms with Crippen molar-refractivity contribution in [1.29, 1.82) is 0 Å². The lowest BCUT2D eigenvalue weighted by molar-refractivity contribution is -0.198. The van der Waals surface area contributed by atoms with Crippen LogP contribution in [0.25, 0.3) is 0 Å². The number of nitrogens with one attached hydrogen (secondary N) is 7. The summed E-state index contributed by atoms with van der Waals surface area (Å²) in [6.07, 6.45) is 0.408. The highest BCUT2D eigenvalue weighted by Crippen LogP contribution is 2.52. The molecule has 3 saturated heterocycles. The minimum atomic E-state index is -1.18. The van der Waals surface area contributed by atoms with Crippen molar-refractivity contribution in [3.63, 3.8) is 0 Å². The number of unbranched alkanes of at least 4 members (excludes halogenated alkanes) is 2. The van der Waals surface area contributed by atoms with Crippen LogP contribution in [0.4, 0.5) is 15.3 Å². The molecule has 0 radical (unpaired) electrons. The molecule has 14 amide bonds. The van der Waals surface area contributed by atoms with Gasteiger partial charge < -0.3 is 81.3 Å². The Kier molecular flexibility index (Phi) is 36.6. The third-order valence-corrected chi connectivity index (χ3v) is 23.2. The fourth-order valence-electron chi connectivity index (χ4n) is 14.8. The van der Waals surface area contributed by atoms with Crippen molar-refractivity contribution in [3.05, 3.63) is 53.6 Å². The number of anilines is 1. The van der Waals surface area contributed by atoms with Gasteiger partial charge in [0.2, 0.25) is 53.2 Å². The molecule has 2 aromatic carbocycles. The molecule has 115 heavy (non-hydrogen) atoms. The van der Waals surface area contributed by atoms with Crippen LogP contribution in [0.1, 0.15) is 175 Å². The molecule has 1 aliphatic carbocycles.